The van der Waals surface area contributed by atoms with Crippen molar-refractivity contribution in [3.05, 3.63) is 34.3 Å². The van der Waals surface area contributed by atoms with Gasteiger partial charge in [0.05, 0.1) is 5.41 Å². The summed E-state index contributed by atoms with van der Waals surface area (Å²) >= 11 is 3.47. The number of rotatable bonds is 5. The van der Waals surface area contributed by atoms with E-state index in [0.29, 0.717) is 0 Å². The van der Waals surface area contributed by atoms with Crippen molar-refractivity contribution < 1.29 is 4.79 Å². The molecule has 1 saturated carbocycles. The van der Waals surface area contributed by atoms with Crippen molar-refractivity contribution in [2.24, 2.45) is 11.8 Å². The molecule has 0 unspecified atom stereocenters. The van der Waals surface area contributed by atoms with Crippen molar-refractivity contribution in [2.75, 3.05) is 19.6 Å². The van der Waals surface area contributed by atoms with Gasteiger partial charge in [-0.2, -0.15) is 0 Å². The molecule has 1 N–H and O–H groups in total. The van der Waals surface area contributed by atoms with E-state index in [1.165, 1.54) is 6.42 Å². The summed E-state index contributed by atoms with van der Waals surface area (Å²) in [5.74, 6) is 1.72. The number of nitrogens with one attached hydrogen (secondary N) is 1. The van der Waals surface area contributed by atoms with Crippen molar-refractivity contribution in [2.45, 2.75) is 51.5 Å². The molecule has 1 saturated heterocycles. The summed E-state index contributed by atoms with van der Waals surface area (Å²) in [5.41, 5.74) is 0.868. The third-order valence-corrected chi connectivity index (χ3v) is 5.96. The fourth-order valence-corrected chi connectivity index (χ4v) is 4.54. The number of benzene rings is 1. The molecule has 0 bridgehead atoms. The second-order valence-corrected chi connectivity index (χ2v) is 9.04. The first-order valence-electron chi connectivity index (χ1n) is 9.18. The number of nitrogens with zero attached hydrogens (tertiary/aromatic N) is 1. The molecular formula is C20H29BrN2O. The number of piperidine rings is 1. The topological polar surface area (TPSA) is 32.3 Å². The molecule has 3 rings (SSSR count). The highest BCUT2D eigenvalue weighted by Crippen LogP contribution is 2.48. The van der Waals surface area contributed by atoms with E-state index >= 15 is 0 Å². The normalized spacial score (nSPS) is 27.5. The van der Waals surface area contributed by atoms with Crippen LogP contribution in [0.3, 0.4) is 0 Å². The summed E-state index contributed by atoms with van der Waals surface area (Å²) in [5, 5.41) is 3.28. The Morgan fingerprint density at radius 1 is 1.25 bits per heavy atom. The lowest BCUT2D eigenvalue weighted by atomic mass is 9.91. The lowest BCUT2D eigenvalue weighted by molar-refractivity contribution is -0.124. The van der Waals surface area contributed by atoms with Gasteiger partial charge in [0, 0.05) is 30.1 Å². The predicted octanol–water partition coefficient (Wildman–Crippen LogP) is 3.96. The molecule has 132 valence electrons. The molecule has 0 radical (unpaired) electrons. The second-order valence-electron chi connectivity index (χ2n) is 8.13. The average molecular weight is 393 g/mol. The lowest BCUT2D eigenvalue weighted by Gasteiger charge is -2.36. The van der Waals surface area contributed by atoms with Gasteiger partial charge in [-0.3, -0.25) is 4.79 Å². The maximum absolute atomic E-state index is 12.9. The van der Waals surface area contributed by atoms with Crippen LogP contribution in [0.15, 0.2) is 28.7 Å². The molecular weight excluding hydrogens is 364 g/mol. The number of hydrogen-bond acceptors (Lipinski definition) is 2. The summed E-state index contributed by atoms with van der Waals surface area (Å²) < 4.78 is 1.06. The van der Waals surface area contributed by atoms with Gasteiger partial charge >= 0.3 is 0 Å². The molecule has 0 aromatic heterocycles. The quantitative estimate of drug-likeness (QED) is 0.821. The van der Waals surface area contributed by atoms with Crippen LogP contribution in [0.1, 0.15) is 45.6 Å². The van der Waals surface area contributed by atoms with Crippen LogP contribution < -0.4 is 5.32 Å². The first-order chi connectivity index (χ1) is 11.4. The third kappa shape index (κ3) is 4.02. The summed E-state index contributed by atoms with van der Waals surface area (Å²) in [6, 6.07) is 8.42. The third-order valence-electron chi connectivity index (χ3n) is 5.44. The van der Waals surface area contributed by atoms with E-state index in [1.54, 1.807) is 0 Å². The molecule has 2 aliphatic rings. The summed E-state index contributed by atoms with van der Waals surface area (Å²) in [4.78, 5) is 15.4. The van der Waals surface area contributed by atoms with Crippen LogP contribution in [-0.2, 0) is 10.2 Å². The lowest BCUT2D eigenvalue weighted by Crippen LogP contribution is -2.49. The number of likely N-dealkylation sites (tertiary alicyclic amines) is 1. The zero-order valence-corrected chi connectivity index (χ0v) is 16.6. The molecule has 1 amide bonds. The van der Waals surface area contributed by atoms with Gasteiger partial charge in [-0.1, -0.05) is 41.9 Å². The van der Waals surface area contributed by atoms with Crippen LogP contribution in [0.4, 0.5) is 0 Å². The van der Waals surface area contributed by atoms with Gasteiger partial charge in [0.15, 0.2) is 0 Å². The SMILES string of the molecule is C[C@@H]1C[C@H](C)CN(C[C@@H](C)NC(=O)C2(c3ccc(Br)cc3)CC2)C1. The van der Waals surface area contributed by atoms with Crippen LogP contribution in [-0.4, -0.2) is 36.5 Å². The van der Waals surface area contributed by atoms with Crippen LogP contribution in [0.2, 0.25) is 0 Å². The first-order valence-corrected chi connectivity index (χ1v) is 9.98. The van der Waals surface area contributed by atoms with Crippen molar-refractivity contribution in [3.8, 4) is 0 Å². The largest absolute Gasteiger partial charge is 0.352 e. The van der Waals surface area contributed by atoms with E-state index in [2.05, 4.69) is 59.1 Å². The Morgan fingerprint density at radius 2 is 1.83 bits per heavy atom. The van der Waals surface area contributed by atoms with Crippen LogP contribution in [0.25, 0.3) is 0 Å². The number of hydrogen-bond donors (Lipinski definition) is 1. The molecule has 2 fully saturated rings. The fourth-order valence-electron chi connectivity index (χ4n) is 4.28. The molecule has 1 aliphatic heterocycles. The van der Waals surface area contributed by atoms with E-state index in [0.717, 1.165) is 54.3 Å². The number of amides is 1. The highest BCUT2D eigenvalue weighted by molar-refractivity contribution is 9.10. The van der Waals surface area contributed by atoms with E-state index in [4.69, 9.17) is 0 Å². The van der Waals surface area contributed by atoms with Gasteiger partial charge in [0.1, 0.15) is 0 Å². The monoisotopic (exact) mass is 392 g/mol. The van der Waals surface area contributed by atoms with Gasteiger partial charge in [0.25, 0.3) is 0 Å². The van der Waals surface area contributed by atoms with Gasteiger partial charge in [-0.15, -0.1) is 0 Å². The summed E-state index contributed by atoms with van der Waals surface area (Å²) in [7, 11) is 0. The molecule has 24 heavy (non-hydrogen) atoms. The van der Waals surface area contributed by atoms with Gasteiger partial charge < -0.3 is 10.2 Å². The van der Waals surface area contributed by atoms with Crippen LogP contribution in [0, 0.1) is 11.8 Å². The molecule has 1 heterocycles. The molecule has 3 atom stereocenters. The Kier molecular flexibility index (Phi) is 5.36. The zero-order valence-electron chi connectivity index (χ0n) is 15.0. The smallest absolute Gasteiger partial charge is 0.230 e. The molecule has 4 heteroatoms. The van der Waals surface area contributed by atoms with Crippen molar-refractivity contribution in [3.63, 3.8) is 0 Å². The number of halogens is 1. The second kappa shape index (κ2) is 7.17. The Balaban J connectivity index is 1.57. The maximum Gasteiger partial charge on any atom is 0.230 e. The summed E-state index contributed by atoms with van der Waals surface area (Å²) in [6.45, 7) is 10.1. The van der Waals surface area contributed by atoms with Crippen molar-refractivity contribution in [1.82, 2.24) is 10.2 Å². The maximum atomic E-state index is 12.9. The van der Waals surface area contributed by atoms with E-state index in [9.17, 15) is 4.79 Å². The fraction of sp³-hybridized carbons (Fsp3) is 0.650. The van der Waals surface area contributed by atoms with Crippen LogP contribution >= 0.6 is 15.9 Å². The minimum absolute atomic E-state index is 0.197. The van der Waals surface area contributed by atoms with Crippen molar-refractivity contribution >= 4 is 21.8 Å². The molecule has 1 aliphatic carbocycles. The summed E-state index contributed by atoms with van der Waals surface area (Å²) in [6.07, 6.45) is 3.25. The zero-order chi connectivity index (χ0) is 17.3. The molecule has 0 spiro atoms. The standard InChI is InChI=1S/C20H29BrN2O/c1-14-10-15(2)12-23(11-14)13-16(3)22-19(24)20(8-9-20)17-4-6-18(21)7-5-17/h4-7,14-16H,8-13H2,1-3H3,(H,22,24)/t14-,15+,16-/m1/s1. The van der Waals surface area contributed by atoms with Gasteiger partial charge in [-0.25, -0.2) is 0 Å². The Hall–Kier alpha value is -0.870. The molecule has 1 aromatic rings. The minimum atomic E-state index is -0.280. The van der Waals surface area contributed by atoms with Gasteiger partial charge in [0.2, 0.25) is 5.91 Å². The highest BCUT2D eigenvalue weighted by Gasteiger charge is 2.51. The average Bonchev–Trinajstić information content (AvgIpc) is 3.28. The Morgan fingerprint density at radius 3 is 2.38 bits per heavy atom. The Bertz CT molecular complexity index is 572. The Labute approximate surface area is 154 Å². The van der Waals surface area contributed by atoms with E-state index in [1.807, 2.05) is 12.1 Å². The van der Waals surface area contributed by atoms with E-state index in [-0.39, 0.29) is 17.4 Å². The highest BCUT2D eigenvalue weighted by atomic mass is 79.9. The predicted molar refractivity (Wildman–Crippen MR) is 102 cm³/mol. The molecule has 3 nitrogen and oxygen atoms in total. The van der Waals surface area contributed by atoms with Crippen LogP contribution in [0.5, 0.6) is 0 Å². The molecule has 1 aromatic carbocycles. The first kappa shape index (κ1) is 17.9. The number of carbonyl (C=O) groups excluding carboxylic acids is 1. The van der Waals surface area contributed by atoms with Gasteiger partial charge in [-0.05, 0) is 55.7 Å². The van der Waals surface area contributed by atoms with E-state index < -0.39 is 0 Å². The number of carbonyl (C=O) groups is 1. The van der Waals surface area contributed by atoms with Crippen molar-refractivity contribution in [1.29, 1.82) is 0 Å². The minimum Gasteiger partial charge on any atom is -0.352 e.